The van der Waals surface area contributed by atoms with E-state index in [4.69, 9.17) is 13.6 Å². The molecule has 0 aromatic carbocycles. The first-order chi connectivity index (χ1) is 5.97. The molecule has 0 saturated heterocycles. The minimum Gasteiger partial charge on any atom is -0.368 e. The molecule has 5 heteroatoms. The van der Waals surface area contributed by atoms with Crippen LogP contribution >= 0.6 is 0 Å². The van der Waals surface area contributed by atoms with Crippen LogP contribution in [-0.4, -0.2) is 37.7 Å². The van der Waals surface area contributed by atoms with E-state index in [1.165, 1.54) is 4.90 Å². The molecule has 2 N–H and O–H groups in total. The van der Waals surface area contributed by atoms with E-state index in [1.807, 2.05) is 13.8 Å². The van der Waals surface area contributed by atoms with Crippen LogP contribution in [0.25, 0.3) is 0 Å². The minimum absolute atomic E-state index is 0.0474. The topological polar surface area (TPSA) is 63.4 Å². The van der Waals surface area contributed by atoms with Crippen molar-refractivity contribution in [1.29, 1.82) is 0 Å². The Labute approximate surface area is 79.9 Å². The van der Waals surface area contributed by atoms with Gasteiger partial charge in [0, 0.05) is 6.54 Å². The Balaban J connectivity index is 4.18. The Bertz CT molecular complexity index is 195. The maximum absolute atomic E-state index is 11.2. The van der Waals surface area contributed by atoms with E-state index in [1.54, 1.807) is 0 Å². The largest absolute Gasteiger partial charge is 0.368 e. The van der Waals surface area contributed by atoms with Crippen molar-refractivity contribution in [3.63, 3.8) is 0 Å². The zero-order valence-electron chi connectivity index (χ0n) is 8.12. The summed E-state index contributed by atoms with van der Waals surface area (Å²) in [5, 5.41) is 0. The van der Waals surface area contributed by atoms with Gasteiger partial charge in [-0.15, -0.1) is 0 Å². The summed E-state index contributed by atoms with van der Waals surface area (Å²) in [5.74, 6) is -0.454. The molecule has 2 radical (unpaired) electrons. The quantitative estimate of drug-likeness (QED) is 0.585. The number of primary amides is 1. The molecule has 0 spiro atoms. The first-order valence-corrected chi connectivity index (χ1v) is 4.23. The number of carbonyl (C=O) groups excluding carboxylic acids is 2. The van der Waals surface area contributed by atoms with Gasteiger partial charge in [-0.05, 0) is 12.2 Å². The fraction of sp³-hybridized carbons (Fsp3) is 0.750. The average molecular weight is 182 g/mol. The van der Waals surface area contributed by atoms with Crippen molar-refractivity contribution in [3.8, 4) is 0 Å². The maximum atomic E-state index is 11.2. The fourth-order valence-electron chi connectivity index (χ4n) is 1.01. The van der Waals surface area contributed by atoms with Gasteiger partial charge in [-0.1, -0.05) is 13.8 Å². The number of amides is 2. The molecule has 2 amide bonds. The van der Waals surface area contributed by atoms with E-state index in [-0.39, 0.29) is 18.8 Å². The summed E-state index contributed by atoms with van der Waals surface area (Å²) in [6.07, 6.45) is -0.0833. The molecule has 0 aromatic heterocycles. The normalized spacial score (nSPS) is 10.1. The molecule has 0 aromatic rings. The number of nitrogens with zero attached hydrogens (tertiary/aromatic N) is 1. The summed E-state index contributed by atoms with van der Waals surface area (Å²) in [6, 6.07) is 0. The van der Waals surface area contributed by atoms with Crippen molar-refractivity contribution in [3.05, 3.63) is 0 Å². The van der Waals surface area contributed by atoms with Crippen molar-refractivity contribution >= 4 is 19.7 Å². The lowest BCUT2D eigenvalue weighted by atomic mass is 10.0. The lowest BCUT2D eigenvalue weighted by Gasteiger charge is -2.22. The van der Waals surface area contributed by atoms with E-state index in [9.17, 15) is 9.59 Å². The standard InChI is InChI=1S/C8H15BN2O2/c1-6(2)4-11(5-7(10)12)8(13)3-9/h6H,3-5H2,1-2H3,(H2,10,12). The van der Waals surface area contributed by atoms with Crippen molar-refractivity contribution in [1.82, 2.24) is 4.90 Å². The fourth-order valence-corrected chi connectivity index (χ4v) is 1.01. The highest BCUT2D eigenvalue weighted by Crippen LogP contribution is 2.00. The SMILES string of the molecule is [B]CC(=O)N(CC(N)=O)CC(C)C. The number of nitrogens with two attached hydrogens (primary N) is 1. The zero-order chi connectivity index (χ0) is 10.4. The van der Waals surface area contributed by atoms with Crippen LogP contribution in [0.1, 0.15) is 13.8 Å². The van der Waals surface area contributed by atoms with Crippen molar-refractivity contribution in [2.45, 2.75) is 20.2 Å². The van der Waals surface area contributed by atoms with E-state index in [0.717, 1.165) is 0 Å². The van der Waals surface area contributed by atoms with Crippen LogP contribution in [0.4, 0.5) is 0 Å². The third kappa shape index (κ3) is 5.28. The monoisotopic (exact) mass is 182 g/mol. The van der Waals surface area contributed by atoms with Crippen LogP contribution < -0.4 is 5.73 Å². The molecule has 0 aliphatic heterocycles. The molecule has 0 unspecified atom stereocenters. The van der Waals surface area contributed by atoms with Crippen molar-refractivity contribution in [2.75, 3.05) is 13.1 Å². The third-order valence-electron chi connectivity index (χ3n) is 1.46. The van der Waals surface area contributed by atoms with E-state index < -0.39 is 5.91 Å². The second-order valence-electron chi connectivity index (χ2n) is 3.34. The van der Waals surface area contributed by atoms with Crippen molar-refractivity contribution < 1.29 is 9.59 Å². The molecule has 13 heavy (non-hydrogen) atoms. The lowest BCUT2D eigenvalue weighted by Crippen LogP contribution is -2.40. The van der Waals surface area contributed by atoms with Gasteiger partial charge in [0.1, 0.15) is 0 Å². The van der Waals surface area contributed by atoms with E-state index >= 15 is 0 Å². The van der Waals surface area contributed by atoms with Gasteiger partial charge in [0.05, 0.1) is 14.4 Å². The predicted molar refractivity (Wildman–Crippen MR) is 51.2 cm³/mol. The Morgan fingerprint density at radius 2 is 2.00 bits per heavy atom. The Morgan fingerprint density at radius 3 is 2.31 bits per heavy atom. The van der Waals surface area contributed by atoms with Crippen LogP contribution in [0, 0.1) is 5.92 Å². The van der Waals surface area contributed by atoms with E-state index in [0.29, 0.717) is 12.5 Å². The Morgan fingerprint density at radius 1 is 1.46 bits per heavy atom. The average Bonchev–Trinajstić information content (AvgIpc) is 2.00. The van der Waals surface area contributed by atoms with Crippen LogP contribution in [0.2, 0.25) is 6.32 Å². The first-order valence-electron chi connectivity index (χ1n) is 4.23. The highest BCUT2D eigenvalue weighted by atomic mass is 16.2. The van der Waals surface area contributed by atoms with E-state index in [2.05, 4.69) is 0 Å². The van der Waals surface area contributed by atoms with Gasteiger partial charge in [-0.25, -0.2) is 0 Å². The van der Waals surface area contributed by atoms with Gasteiger partial charge < -0.3 is 10.6 Å². The highest BCUT2D eigenvalue weighted by Gasteiger charge is 2.14. The molecule has 0 fully saturated rings. The molecule has 4 nitrogen and oxygen atoms in total. The second kappa shape index (κ2) is 5.62. The molecule has 0 heterocycles. The Hall–Kier alpha value is -0.995. The van der Waals surface area contributed by atoms with Crippen LogP contribution in [0.15, 0.2) is 0 Å². The molecule has 0 rings (SSSR count). The highest BCUT2D eigenvalue weighted by molar-refractivity contribution is 6.19. The van der Waals surface area contributed by atoms with Crippen LogP contribution in [0.3, 0.4) is 0 Å². The second-order valence-corrected chi connectivity index (χ2v) is 3.34. The van der Waals surface area contributed by atoms with Crippen molar-refractivity contribution in [2.24, 2.45) is 11.7 Å². The molecule has 0 bridgehead atoms. The number of hydrogen-bond donors (Lipinski definition) is 1. The van der Waals surface area contributed by atoms with Gasteiger partial charge in [0.15, 0.2) is 0 Å². The predicted octanol–water partition coefficient (Wildman–Crippen LogP) is -0.457. The summed E-state index contributed by atoms with van der Waals surface area (Å²) in [4.78, 5) is 23.2. The molecule has 0 aliphatic rings. The van der Waals surface area contributed by atoms with Crippen LogP contribution in [-0.2, 0) is 9.59 Å². The molecule has 0 aliphatic carbocycles. The molecule has 72 valence electrons. The smallest absolute Gasteiger partial charge is 0.237 e. The van der Waals surface area contributed by atoms with Gasteiger partial charge >= 0.3 is 0 Å². The van der Waals surface area contributed by atoms with Crippen LogP contribution in [0.5, 0.6) is 0 Å². The minimum atomic E-state index is -0.512. The van der Waals surface area contributed by atoms with Gasteiger partial charge in [0.2, 0.25) is 11.8 Å². The molecule has 0 atom stereocenters. The summed E-state index contributed by atoms with van der Waals surface area (Å²) < 4.78 is 0. The number of rotatable bonds is 5. The first kappa shape index (κ1) is 12.0. The summed E-state index contributed by atoms with van der Waals surface area (Å²) in [5.41, 5.74) is 4.99. The number of carbonyl (C=O) groups is 2. The molecule has 0 saturated carbocycles. The van der Waals surface area contributed by atoms with Gasteiger partial charge in [-0.3, -0.25) is 9.59 Å². The summed E-state index contributed by atoms with van der Waals surface area (Å²) >= 11 is 0. The lowest BCUT2D eigenvalue weighted by molar-refractivity contribution is -0.133. The number of hydrogen-bond acceptors (Lipinski definition) is 2. The zero-order valence-corrected chi connectivity index (χ0v) is 8.12. The molecular weight excluding hydrogens is 167 g/mol. The summed E-state index contributed by atoms with van der Waals surface area (Å²) in [7, 11) is 5.18. The Kier molecular flexibility index (Phi) is 5.19. The summed E-state index contributed by atoms with van der Waals surface area (Å²) in [6.45, 7) is 4.38. The molecular formula is C8H15BN2O2. The third-order valence-corrected chi connectivity index (χ3v) is 1.46. The van der Waals surface area contributed by atoms with Gasteiger partial charge in [-0.2, -0.15) is 0 Å². The maximum Gasteiger partial charge on any atom is 0.237 e. The van der Waals surface area contributed by atoms with Gasteiger partial charge in [0.25, 0.3) is 0 Å².